The third kappa shape index (κ3) is 2.78. The maximum absolute atomic E-state index is 13.5. The Morgan fingerprint density at radius 3 is 2.68 bits per heavy atom. The number of methoxy groups -OCH3 is 1. The van der Waals surface area contributed by atoms with E-state index in [9.17, 15) is 4.39 Å². The van der Waals surface area contributed by atoms with Gasteiger partial charge in [0, 0.05) is 24.6 Å². The standard InChI is InChI=1S/C15H21ClFNO/c1-9(10-5-6-11(16)12(17)7-10)18-13-8-14(19-4)15(13,2)3/h5-7,9,13-14,18H,8H2,1-4H3. The lowest BCUT2D eigenvalue weighted by molar-refractivity contribution is -0.0999. The Balaban J connectivity index is 2.02. The van der Waals surface area contributed by atoms with Crippen LogP contribution >= 0.6 is 11.6 Å². The van der Waals surface area contributed by atoms with Gasteiger partial charge in [-0.2, -0.15) is 0 Å². The molecule has 1 aliphatic carbocycles. The van der Waals surface area contributed by atoms with Crippen LogP contribution in [-0.2, 0) is 4.74 Å². The first-order valence-corrected chi connectivity index (χ1v) is 6.98. The minimum Gasteiger partial charge on any atom is -0.381 e. The van der Waals surface area contributed by atoms with E-state index in [2.05, 4.69) is 19.2 Å². The quantitative estimate of drug-likeness (QED) is 0.905. The number of nitrogens with one attached hydrogen (secondary N) is 1. The van der Waals surface area contributed by atoms with Crippen molar-refractivity contribution in [2.24, 2.45) is 5.41 Å². The van der Waals surface area contributed by atoms with Gasteiger partial charge < -0.3 is 10.1 Å². The zero-order valence-electron chi connectivity index (χ0n) is 11.8. The summed E-state index contributed by atoms with van der Waals surface area (Å²) in [6.07, 6.45) is 1.28. The lowest BCUT2D eigenvalue weighted by Crippen LogP contribution is -2.60. The Bertz CT molecular complexity index is 463. The zero-order chi connectivity index (χ0) is 14.2. The molecule has 0 radical (unpaired) electrons. The molecule has 2 rings (SSSR count). The monoisotopic (exact) mass is 285 g/mol. The summed E-state index contributed by atoms with van der Waals surface area (Å²) in [6, 6.07) is 5.44. The van der Waals surface area contributed by atoms with E-state index in [1.807, 2.05) is 13.0 Å². The van der Waals surface area contributed by atoms with Crippen LogP contribution in [0.2, 0.25) is 5.02 Å². The molecule has 0 aliphatic heterocycles. The summed E-state index contributed by atoms with van der Waals surface area (Å²) < 4.78 is 18.9. The number of hydrogen-bond acceptors (Lipinski definition) is 2. The first-order chi connectivity index (χ1) is 8.86. The van der Waals surface area contributed by atoms with Crippen LogP contribution in [0.1, 0.15) is 38.8 Å². The molecule has 0 aromatic heterocycles. The predicted octanol–water partition coefficient (Wildman–Crippen LogP) is 3.94. The molecule has 3 atom stereocenters. The molecule has 3 unspecified atom stereocenters. The molecule has 0 spiro atoms. The fourth-order valence-corrected chi connectivity index (χ4v) is 2.87. The van der Waals surface area contributed by atoms with E-state index in [0.717, 1.165) is 12.0 Å². The second-order valence-corrected chi connectivity index (χ2v) is 6.30. The third-order valence-electron chi connectivity index (χ3n) is 4.36. The first-order valence-electron chi connectivity index (χ1n) is 6.60. The van der Waals surface area contributed by atoms with Crippen LogP contribution in [0.5, 0.6) is 0 Å². The van der Waals surface area contributed by atoms with Crippen LogP contribution < -0.4 is 5.32 Å². The summed E-state index contributed by atoms with van der Waals surface area (Å²) in [7, 11) is 1.75. The molecule has 19 heavy (non-hydrogen) atoms. The van der Waals surface area contributed by atoms with Gasteiger partial charge in [0.1, 0.15) is 5.82 Å². The van der Waals surface area contributed by atoms with Gasteiger partial charge in [-0.3, -0.25) is 0 Å². The maximum atomic E-state index is 13.5. The highest BCUT2D eigenvalue weighted by atomic mass is 35.5. The van der Waals surface area contributed by atoms with Crippen molar-refractivity contribution in [1.29, 1.82) is 0 Å². The van der Waals surface area contributed by atoms with Gasteiger partial charge in [-0.15, -0.1) is 0 Å². The molecule has 1 aliphatic rings. The Hall–Kier alpha value is -0.640. The van der Waals surface area contributed by atoms with Crippen molar-refractivity contribution in [2.75, 3.05) is 7.11 Å². The Morgan fingerprint density at radius 2 is 2.16 bits per heavy atom. The highest BCUT2D eigenvalue weighted by Crippen LogP contribution is 2.43. The van der Waals surface area contributed by atoms with Gasteiger partial charge in [-0.25, -0.2) is 4.39 Å². The summed E-state index contributed by atoms with van der Waals surface area (Å²) in [6.45, 7) is 6.42. The first kappa shape index (κ1) is 14.8. The molecular formula is C15H21ClFNO. The summed E-state index contributed by atoms with van der Waals surface area (Å²) in [5, 5.41) is 3.71. The Kier molecular flexibility index (Phi) is 4.19. The normalized spacial score (nSPS) is 26.8. The highest BCUT2D eigenvalue weighted by molar-refractivity contribution is 6.30. The molecule has 106 valence electrons. The maximum Gasteiger partial charge on any atom is 0.142 e. The molecule has 1 aromatic rings. The van der Waals surface area contributed by atoms with Crippen molar-refractivity contribution in [2.45, 2.75) is 45.4 Å². The fraction of sp³-hybridized carbons (Fsp3) is 0.600. The predicted molar refractivity (Wildman–Crippen MR) is 75.9 cm³/mol. The molecule has 0 heterocycles. The second kappa shape index (κ2) is 5.39. The van der Waals surface area contributed by atoms with Crippen molar-refractivity contribution in [3.63, 3.8) is 0 Å². The second-order valence-electron chi connectivity index (χ2n) is 5.90. The van der Waals surface area contributed by atoms with E-state index in [1.165, 1.54) is 6.07 Å². The number of rotatable bonds is 4. The fourth-order valence-electron chi connectivity index (χ4n) is 2.75. The lowest BCUT2D eigenvalue weighted by atomic mass is 9.64. The van der Waals surface area contributed by atoms with Crippen molar-refractivity contribution in [3.8, 4) is 0 Å². The molecule has 0 amide bonds. The summed E-state index contributed by atoms with van der Waals surface area (Å²) in [5.74, 6) is -0.365. The number of hydrogen-bond donors (Lipinski definition) is 1. The van der Waals surface area contributed by atoms with Crippen molar-refractivity contribution in [1.82, 2.24) is 5.32 Å². The lowest BCUT2D eigenvalue weighted by Gasteiger charge is -2.52. The molecule has 1 N–H and O–H groups in total. The summed E-state index contributed by atoms with van der Waals surface area (Å²) in [5.41, 5.74) is 1.02. The van der Waals surface area contributed by atoms with Crippen molar-refractivity contribution < 1.29 is 9.13 Å². The summed E-state index contributed by atoms with van der Waals surface area (Å²) in [4.78, 5) is 0. The molecule has 1 saturated carbocycles. The van der Waals surface area contributed by atoms with E-state index in [0.29, 0.717) is 12.1 Å². The molecule has 0 bridgehead atoms. The van der Waals surface area contributed by atoms with Crippen molar-refractivity contribution >= 4 is 11.6 Å². The zero-order valence-corrected chi connectivity index (χ0v) is 12.6. The molecule has 2 nitrogen and oxygen atoms in total. The molecular weight excluding hydrogens is 265 g/mol. The average molecular weight is 286 g/mol. The van der Waals surface area contributed by atoms with Gasteiger partial charge in [0.2, 0.25) is 0 Å². The molecule has 1 aromatic carbocycles. The number of ether oxygens (including phenoxy) is 1. The van der Waals surface area contributed by atoms with E-state index < -0.39 is 0 Å². The minimum absolute atomic E-state index is 0.0915. The van der Waals surface area contributed by atoms with Gasteiger partial charge in [0.25, 0.3) is 0 Å². The Morgan fingerprint density at radius 1 is 1.47 bits per heavy atom. The van der Waals surface area contributed by atoms with Gasteiger partial charge >= 0.3 is 0 Å². The molecule has 1 fully saturated rings. The third-order valence-corrected chi connectivity index (χ3v) is 4.66. The Labute approximate surface area is 119 Å². The number of halogens is 2. The van der Waals surface area contributed by atoms with Gasteiger partial charge in [-0.1, -0.05) is 31.5 Å². The smallest absolute Gasteiger partial charge is 0.142 e. The van der Waals surface area contributed by atoms with Crippen LogP contribution in [0, 0.1) is 11.2 Å². The minimum atomic E-state index is -0.365. The van der Waals surface area contributed by atoms with Crippen LogP contribution in [0.4, 0.5) is 4.39 Å². The van der Waals surface area contributed by atoms with E-state index >= 15 is 0 Å². The van der Waals surface area contributed by atoms with Gasteiger partial charge in [0.15, 0.2) is 0 Å². The highest BCUT2D eigenvalue weighted by Gasteiger charge is 2.48. The van der Waals surface area contributed by atoms with Gasteiger partial charge in [-0.05, 0) is 31.0 Å². The molecule has 4 heteroatoms. The van der Waals surface area contributed by atoms with E-state index in [4.69, 9.17) is 16.3 Å². The topological polar surface area (TPSA) is 21.3 Å². The van der Waals surface area contributed by atoms with Crippen LogP contribution in [0.25, 0.3) is 0 Å². The largest absolute Gasteiger partial charge is 0.381 e. The van der Waals surface area contributed by atoms with Crippen LogP contribution in [-0.4, -0.2) is 19.3 Å². The summed E-state index contributed by atoms with van der Waals surface area (Å²) >= 11 is 5.70. The SMILES string of the molecule is COC1CC(NC(C)c2ccc(Cl)c(F)c2)C1(C)C. The van der Waals surface area contributed by atoms with Gasteiger partial charge in [0.05, 0.1) is 11.1 Å². The van der Waals surface area contributed by atoms with Crippen LogP contribution in [0.15, 0.2) is 18.2 Å². The van der Waals surface area contributed by atoms with E-state index in [1.54, 1.807) is 13.2 Å². The number of benzene rings is 1. The van der Waals surface area contributed by atoms with Crippen LogP contribution in [0.3, 0.4) is 0 Å². The molecule has 0 saturated heterocycles. The van der Waals surface area contributed by atoms with Crippen molar-refractivity contribution in [3.05, 3.63) is 34.6 Å². The average Bonchev–Trinajstić information content (AvgIpc) is 2.36. The van der Waals surface area contributed by atoms with E-state index in [-0.39, 0.29) is 22.3 Å².